The van der Waals surface area contributed by atoms with Gasteiger partial charge in [-0.2, -0.15) is 0 Å². The lowest BCUT2D eigenvalue weighted by Gasteiger charge is -1.96. The van der Waals surface area contributed by atoms with Crippen molar-refractivity contribution < 1.29 is 14.4 Å². The van der Waals surface area contributed by atoms with E-state index in [0.717, 1.165) is 12.8 Å². The molecule has 0 aliphatic carbocycles. The molecule has 0 fully saturated rings. The van der Waals surface area contributed by atoms with Gasteiger partial charge < -0.3 is 22.5 Å². The summed E-state index contributed by atoms with van der Waals surface area (Å²) in [5.74, 6) is 0. The van der Waals surface area contributed by atoms with Crippen LogP contribution in [0.2, 0.25) is 0 Å². The molecule has 0 aromatic heterocycles. The fraction of sp³-hybridized carbons (Fsp3) is 0.571. The first-order valence-electron chi connectivity index (χ1n) is 4.29. The van der Waals surface area contributed by atoms with Crippen molar-refractivity contribution in [2.24, 2.45) is 17.2 Å². The first kappa shape index (κ1) is 15.5. The maximum absolute atomic E-state index is 9.99. The van der Waals surface area contributed by atoms with E-state index in [1.165, 1.54) is 0 Å². The van der Waals surface area contributed by atoms with Crippen LogP contribution < -0.4 is 27.8 Å². The minimum Gasteiger partial charge on any atom is -0.352 e. The summed E-state index contributed by atoms with van der Waals surface area (Å²) in [7, 11) is 0. The van der Waals surface area contributed by atoms with E-state index in [4.69, 9.17) is 5.73 Å². The Morgan fingerprint density at radius 1 is 1.00 bits per heavy atom. The average molecular weight is 219 g/mol. The molecule has 0 saturated heterocycles. The third-order valence-electron chi connectivity index (χ3n) is 1.08. The van der Waals surface area contributed by atoms with E-state index in [-0.39, 0.29) is 0 Å². The third-order valence-corrected chi connectivity index (χ3v) is 1.08. The van der Waals surface area contributed by atoms with E-state index in [1.807, 2.05) is 0 Å². The standard InChI is InChI=1S/C5H12N2O.C2H5N3O2/c1-2-3-4-7-5(6)8;3-1(6)5-2(4)7/h2-4H2,1H3,(H3,6,7,8);(H5,3,4,5,6,7). The van der Waals surface area contributed by atoms with E-state index >= 15 is 0 Å². The van der Waals surface area contributed by atoms with Crippen molar-refractivity contribution in [2.45, 2.75) is 19.8 Å². The Kier molecular flexibility index (Phi) is 10.4. The molecule has 0 heterocycles. The fourth-order valence-corrected chi connectivity index (χ4v) is 0.510. The maximum atomic E-state index is 9.99. The van der Waals surface area contributed by atoms with Gasteiger partial charge >= 0.3 is 18.1 Å². The molecule has 8 nitrogen and oxygen atoms in total. The summed E-state index contributed by atoms with van der Waals surface area (Å²) in [5, 5.41) is 4.07. The summed E-state index contributed by atoms with van der Waals surface area (Å²) >= 11 is 0. The minimum atomic E-state index is -0.938. The van der Waals surface area contributed by atoms with Crippen LogP contribution in [0.15, 0.2) is 0 Å². The Balaban J connectivity index is 0. The second-order valence-corrected chi connectivity index (χ2v) is 2.50. The van der Waals surface area contributed by atoms with Gasteiger partial charge in [0.15, 0.2) is 0 Å². The highest BCUT2D eigenvalue weighted by Gasteiger charge is 1.92. The van der Waals surface area contributed by atoms with Crippen molar-refractivity contribution in [3.05, 3.63) is 0 Å². The van der Waals surface area contributed by atoms with Crippen LogP contribution >= 0.6 is 0 Å². The molecule has 0 unspecified atom stereocenters. The number of amides is 6. The second-order valence-electron chi connectivity index (χ2n) is 2.50. The number of rotatable bonds is 3. The first-order valence-corrected chi connectivity index (χ1v) is 4.29. The lowest BCUT2D eigenvalue weighted by atomic mass is 10.3. The number of unbranched alkanes of at least 4 members (excludes halogenated alkanes) is 1. The summed E-state index contributed by atoms with van der Waals surface area (Å²) in [6.45, 7) is 2.76. The summed E-state index contributed by atoms with van der Waals surface area (Å²) in [4.78, 5) is 29.2. The van der Waals surface area contributed by atoms with Crippen molar-refractivity contribution in [3.63, 3.8) is 0 Å². The Morgan fingerprint density at radius 2 is 1.47 bits per heavy atom. The van der Waals surface area contributed by atoms with Crippen molar-refractivity contribution in [2.75, 3.05) is 6.54 Å². The molecular formula is C7H17N5O3. The summed E-state index contributed by atoms with van der Waals surface area (Å²) in [6.07, 6.45) is 2.09. The highest BCUT2D eigenvalue weighted by atomic mass is 16.2. The highest BCUT2D eigenvalue weighted by molar-refractivity contribution is 5.91. The van der Waals surface area contributed by atoms with Crippen LogP contribution in [-0.4, -0.2) is 24.6 Å². The molecule has 88 valence electrons. The van der Waals surface area contributed by atoms with Gasteiger partial charge in [0, 0.05) is 6.54 Å². The Labute approximate surface area is 87.5 Å². The number of nitrogens with two attached hydrogens (primary N) is 3. The van der Waals surface area contributed by atoms with Gasteiger partial charge in [0.25, 0.3) is 0 Å². The van der Waals surface area contributed by atoms with Gasteiger partial charge in [-0.1, -0.05) is 13.3 Å². The number of carbonyl (C=O) groups is 3. The smallest absolute Gasteiger partial charge is 0.320 e. The molecule has 0 atom stereocenters. The van der Waals surface area contributed by atoms with E-state index in [9.17, 15) is 14.4 Å². The average Bonchev–Trinajstić information content (AvgIpc) is 2.02. The first-order chi connectivity index (χ1) is 6.90. The number of carbonyl (C=O) groups excluding carboxylic acids is 3. The molecule has 0 radical (unpaired) electrons. The van der Waals surface area contributed by atoms with Crippen LogP contribution in [0.3, 0.4) is 0 Å². The van der Waals surface area contributed by atoms with Crippen molar-refractivity contribution in [3.8, 4) is 0 Å². The van der Waals surface area contributed by atoms with Crippen molar-refractivity contribution in [1.29, 1.82) is 0 Å². The highest BCUT2D eigenvalue weighted by Crippen LogP contribution is 1.80. The molecule has 15 heavy (non-hydrogen) atoms. The molecule has 0 spiro atoms. The molecule has 8 N–H and O–H groups in total. The van der Waals surface area contributed by atoms with E-state index in [1.54, 1.807) is 5.32 Å². The fourth-order valence-electron chi connectivity index (χ4n) is 0.510. The summed E-state index contributed by atoms with van der Waals surface area (Å²) < 4.78 is 0. The predicted molar refractivity (Wildman–Crippen MR) is 54.8 cm³/mol. The molecule has 0 saturated carbocycles. The number of hydrogen-bond donors (Lipinski definition) is 5. The molecule has 0 aromatic rings. The van der Waals surface area contributed by atoms with Crippen molar-refractivity contribution in [1.82, 2.24) is 10.6 Å². The van der Waals surface area contributed by atoms with Gasteiger partial charge in [-0.05, 0) is 6.42 Å². The molecule has 6 amide bonds. The second kappa shape index (κ2) is 10.1. The van der Waals surface area contributed by atoms with Crippen LogP contribution in [-0.2, 0) is 0 Å². The monoisotopic (exact) mass is 219 g/mol. The number of nitrogens with one attached hydrogen (secondary N) is 2. The Hall–Kier alpha value is -1.99. The number of imide groups is 1. The van der Waals surface area contributed by atoms with Crippen LogP contribution in [0.5, 0.6) is 0 Å². The minimum absolute atomic E-state index is 0.432. The molecule has 0 bridgehead atoms. The molecule has 0 aromatic carbocycles. The zero-order chi connectivity index (χ0) is 12.3. The van der Waals surface area contributed by atoms with Crippen LogP contribution in [0, 0.1) is 0 Å². The molecule has 0 aliphatic heterocycles. The maximum Gasteiger partial charge on any atom is 0.320 e. The number of urea groups is 3. The van der Waals surface area contributed by atoms with Gasteiger partial charge in [-0.15, -0.1) is 0 Å². The predicted octanol–water partition coefficient (Wildman–Crippen LogP) is -0.812. The molecule has 0 aliphatic rings. The van der Waals surface area contributed by atoms with E-state index in [2.05, 4.69) is 23.7 Å². The Morgan fingerprint density at radius 3 is 1.67 bits per heavy atom. The largest absolute Gasteiger partial charge is 0.352 e. The zero-order valence-corrected chi connectivity index (χ0v) is 8.58. The third kappa shape index (κ3) is 24.5. The SMILES string of the molecule is CCCCNC(N)=O.NC(=O)NC(N)=O. The topological polar surface area (TPSA) is 153 Å². The van der Waals surface area contributed by atoms with Crippen LogP contribution in [0.4, 0.5) is 14.4 Å². The van der Waals surface area contributed by atoms with Crippen LogP contribution in [0.25, 0.3) is 0 Å². The van der Waals surface area contributed by atoms with E-state index in [0.29, 0.717) is 6.54 Å². The van der Waals surface area contributed by atoms with E-state index < -0.39 is 18.1 Å². The lowest BCUT2D eigenvalue weighted by molar-refractivity contribution is 0.236. The van der Waals surface area contributed by atoms with Gasteiger partial charge in [-0.25, -0.2) is 14.4 Å². The van der Waals surface area contributed by atoms with Gasteiger partial charge in [-0.3, -0.25) is 5.32 Å². The molecular weight excluding hydrogens is 202 g/mol. The van der Waals surface area contributed by atoms with Gasteiger partial charge in [0.2, 0.25) is 0 Å². The van der Waals surface area contributed by atoms with Gasteiger partial charge in [0.05, 0.1) is 0 Å². The zero-order valence-electron chi connectivity index (χ0n) is 8.58. The Bertz CT molecular complexity index is 207. The van der Waals surface area contributed by atoms with Crippen LogP contribution in [0.1, 0.15) is 19.8 Å². The summed E-state index contributed by atoms with van der Waals surface area (Å²) in [6, 6.07) is -2.31. The van der Waals surface area contributed by atoms with Gasteiger partial charge in [0.1, 0.15) is 0 Å². The van der Waals surface area contributed by atoms with Crippen molar-refractivity contribution >= 4 is 18.1 Å². The molecule has 8 heteroatoms. The summed E-state index contributed by atoms with van der Waals surface area (Å²) in [5.41, 5.74) is 13.7. The number of hydrogen-bond acceptors (Lipinski definition) is 3. The lowest BCUT2D eigenvalue weighted by Crippen LogP contribution is -2.38. The quantitative estimate of drug-likeness (QED) is 0.394. The number of primary amides is 3. The molecule has 0 rings (SSSR count). The normalized spacial score (nSPS) is 8.07.